The van der Waals surface area contributed by atoms with E-state index in [1.165, 1.54) is 25.2 Å². The van der Waals surface area contributed by atoms with E-state index in [9.17, 15) is 12.8 Å². The number of rotatable bonds is 5. The molecule has 4 nitrogen and oxygen atoms in total. The first-order chi connectivity index (χ1) is 7.86. The van der Waals surface area contributed by atoms with Gasteiger partial charge in [0, 0.05) is 13.1 Å². The van der Waals surface area contributed by atoms with Crippen LogP contribution < -0.4 is 0 Å². The number of hydrogen-bond acceptors (Lipinski definition) is 3. The van der Waals surface area contributed by atoms with Gasteiger partial charge in [-0.25, -0.2) is 12.8 Å². The van der Waals surface area contributed by atoms with Gasteiger partial charge < -0.3 is 5.11 Å². The van der Waals surface area contributed by atoms with Gasteiger partial charge in [-0.1, -0.05) is 12.1 Å². The van der Waals surface area contributed by atoms with Crippen molar-refractivity contribution in [2.45, 2.75) is 18.7 Å². The Bertz CT molecular complexity index is 475. The van der Waals surface area contributed by atoms with Crippen molar-refractivity contribution >= 4 is 10.0 Å². The highest BCUT2D eigenvalue weighted by atomic mass is 32.2. The van der Waals surface area contributed by atoms with Crippen molar-refractivity contribution < 1.29 is 17.9 Å². The van der Waals surface area contributed by atoms with Crippen LogP contribution in [0.3, 0.4) is 0 Å². The first-order valence-corrected chi connectivity index (χ1v) is 6.78. The Balaban J connectivity index is 2.87. The Kier molecular flexibility index (Phi) is 4.62. The maximum Gasteiger partial charge on any atom is 0.218 e. The lowest BCUT2D eigenvalue weighted by atomic mass is 10.2. The van der Waals surface area contributed by atoms with Crippen LogP contribution in [0.15, 0.2) is 24.3 Å². The second-order valence-corrected chi connectivity index (χ2v) is 5.96. The summed E-state index contributed by atoms with van der Waals surface area (Å²) in [5.74, 6) is -0.735. The van der Waals surface area contributed by atoms with Crippen LogP contribution in [0.25, 0.3) is 0 Å². The van der Waals surface area contributed by atoms with E-state index in [0.717, 1.165) is 4.31 Å². The van der Waals surface area contributed by atoms with Crippen molar-refractivity contribution in [2.75, 3.05) is 13.7 Å². The summed E-state index contributed by atoms with van der Waals surface area (Å²) in [7, 11) is -2.14. The third-order valence-electron chi connectivity index (χ3n) is 2.56. The Morgan fingerprint density at radius 3 is 2.65 bits per heavy atom. The molecule has 0 heterocycles. The average Bonchev–Trinajstić information content (AvgIpc) is 2.26. The summed E-state index contributed by atoms with van der Waals surface area (Å²) >= 11 is 0. The average molecular weight is 261 g/mol. The molecule has 0 aromatic heterocycles. The van der Waals surface area contributed by atoms with Gasteiger partial charge in [0.2, 0.25) is 10.0 Å². The van der Waals surface area contributed by atoms with E-state index in [1.54, 1.807) is 13.0 Å². The molecule has 0 aliphatic carbocycles. The van der Waals surface area contributed by atoms with E-state index in [0.29, 0.717) is 5.56 Å². The van der Waals surface area contributed by atoms with Crippen LogP contribution in [-0.4, -0.2) is 37.5 Å². The smallest absolute Gasteiger partial charge is 0.218 e. The molecule has 1 atom stereocenters. The van der Waals surface area contributed by atoms with E-state index in [4.69, 9.17) is 5.11 Å². The minimum Gasteiger partial charge on any atom is -0.395 e. The van der Waals surface area contributed by atoms with Crippen LogP contribution in [0.2, 0.25) is 0 Å². The second-order valence-electron chi connectivity index (χ2n) is 3.93. The number of aliphatic hydroxyl groups excluding tert-OH is 1. The van der Waals surface area contributed by atoms with E-state index in [-0.39, 0.29) is 12.4 Å². The Morgan fingerprint density at radius 2 is 2.12 bits per heavy atom. The molecular formula is C11H16FNO3S. The SMILES string of the molecule is CC(CO)N(C)S(=O)(=O)Cc1cccc(F)c1. The molecule has 0 bridgehead atoms. The molecular weight excluding hydrogens is 245 g/mol. The van der Waals surface area contributed by atoms with Crippen LogP contribution in [0, 0.1) is 5.82 Å². The zero-order chi connectivity index (χ0) is 13.1. The highest BCUT2D eigenvalue weighted by molar-refractivity contribution is 7.88. The predicted molar refractivity (Wildman–Crippen MR) is 63.3 cm³/mol. The fourth-order valence-corrected chi connectivity index (χ4v) is 2.75. The number of likely N-dealkylation sites (N-methyl/N-ethyl adjacent to an activating group) is 1. The van der Waals surface area contributed by atoms with Gasteiger partial charge >= 0.3 is 0 Å². The Hall–Kier alpha value is -0.980. The van der Waals surface area contributed by atoms with E-state index >= 15 is 0 Å². The predicted octanol–water partition coefficient (Wildman–Crippen LogP) is 0.968. The molecule has 1 unspecified atom stereocenters. The lowest BCUT2D eigenvalue weighted by Gasteiger charge is -2.22. The minimum absolute atomic E-state index is 0.251. The zero-order valence-electron chi connectivity index (χ0n) is 9.80. The summed E-state index contributed by atoms with van der Waals surface area (Å²) < 4.78 is 37.8. The number of aliphatic hydroxyl groups is 1. The van der Waals surface area contributed by atoms with E-state index in [2.05, 4.69) is 0 Å². The summed E-state index contributed by atoms with van der Waals surface area (Å²) in [5.41, 5.74) is 0.391. The molecule has 1 N–H and O–H groups in total. The number of benzene rings is 1. The lowest BCUT2D eigenvalue weighted by molar-refractivity contribution is 0.213. The fraction of sp³-hybridized carbons (Fsp3) is 0.455. The van der Waals surface area contributed by atoms with Gasteiger partial charge in [0.1, 0.15) is 5.82 Å². The van der Waals surface area contributed by atoms with E-state index in [1.807, 2.05) is 0 Å². The molecule has 1 aromatic rings. The highest BCUT2D eigenvalue weighted by Crippen LogP contribution is 2.12. The third-order valence-corrected chi connectivity index (χ3v) is 4.50. The maximum atomic E-state index is 12.9. The van der Waals surface area contributed by atoms with Gasteiger partial charge in [-0.3, -0.25) is 0 Å². The largest absolute Gasteiger partial charge is 0.395 e. The van der Waals surface area contributed by atoms with Crippen molar-refractivity contribution in [2.24, 2.45) is 0 Å². The van der Waals surface area contributed by atoms with Crippen molar-refractivity contribution in [1.82, 2.24) is 4.31 Å². The molecule has 0 amide bonds. The van der Waals surface area contributed by atoms with Gasteiger partial charge in [-0.2, -0.15) is 4.31 Å². The summed E-state index contributed by atoms with van der Waals surface area (Å²) in [6.07, 6.45) is 0. The van der Waals surface area contributed by atoms with Gasteiger partial charge in [0.05, 0.1) is 12.4 Å². The van der Waals surface area contributed by atoms with Crippen LogP contribution in [0.4, 0.5) is 4.39 Å². The molecule has 1 rings (SSSR count). The Morgan fingerprint density at radius 1 is 1.47 bits per heavy atom. The molecule has 1 aromatic carbocycles. The quantitative estimate of drug-likeness (QED) is 0.859. The fourth-order valence-electron chi connectivity index (χ4n) is 1.33. The number of sulfonamides is 1. The normalized spacial score (nSPS) is 13.9. The molecule has 0 radical (unpaired) electrons. The number of nitrogens with zero attached hydrogens (tertiary/aromatic N) is 1. The molecule has 0 aliphatic heterocycles. The minimum atomic E-state index is -3.53. The lowest BCUT2D eigenvalue weighted by Crippen LogP contribution is -2.38. The van der Waals surface area contributed by atoms with Gasteiger partial charge in [0.15, 0.2) is 0 Å². The van der Waals surface area contributed by atoms with E-state index < -0.39 is 21.9 Å². The summed E-state index contributed by atoms with van der Waals surface area (Å²) in [5, 5.41) is 8.91. The van der Waals surface area contributed by atoms with Crippen LogP contribution in [0.1, 0.15) is 12.5 Å². The molecule has 0 aliphatic rings. The molecule has 6 heteroatoms. The molecule has 0 saturated heterocycles. The first-order valence-electron chi connectivity index (χ1n) is 5.18. The van der Waals surface area contributed by atoms with Crippen LogP contribution in [-0.2, 0) is 15.8 Å². The zero-order valence-corrected chi connectivity index (χ0v) is 10.6. The monoisotopic (exact) mass is 261 g/mol. The number of halogens is 1. The standard InChI is InChI=1S/C11H16FNO3S/c1-9(7-14)13(2)17(15,16)8-10-4-3-5-11(12)6-10/h3-6,9,14H,7-8H2,1-2H3. The first kappa shape index (κ1) is 14.1. The summed E-state index contributed by atoms with van der Waals surface area (Å²) in [4.78, 5) is 0. The van der Waals surface area contributed by atoms with Crippen molar-refractivity contribution in [1.29, 1.82) is 0 Å². The van der Waals surface area contributed by atoms with Gasteiger partial charge in [-0.05, 0) is 24.6 Å². The molecule has 0 spiro atoms. The van der Waals surface area contributed by atoms with Crippen molar-refractivity contribution in [3.63, 3.8) is 0 Å². The van der Waals surface area contributed by atoms with Crippen molar-refractivity contribution in [3.8, 4) is 0 Å². The van der Waals surface area contributed by atoms with Crippen molar-refractivity contribution in [3.05, 3.63) is 35.6 Å². The number of hydrogen-bond donors (Lipinski definition) is 1. The molecule has 0 saturated carbocycles. The maximum absolute atomic E-state index is 12.9. The Labute approximate surface area is 101 Å². The van der Waals surface area contributed by atoms with Gasteiger partial charge in [0.25, 0.3) is 0 Å². The van der Waals surface area contributed by atoms with Gasteiger partial charge in [-0.15, -0.1) is 0 Å². The summed E-state index contributed by atoms with van der Waals surface area (Å²) in [6.45, 7) is 1.35. The van der Waals surface area contributed by atoms with Crippen LogP contribution in [0.5, 0.6) is 0 Å². The molecule has 17 heavy (non-hydrogen) atoms. The summed E-state index contributed by atoms with van der Waals surface area (Å²) in [6, 6.07) is 4.98. The van der Waals surface area contributed by atoms with Crippen LogP contribution >= 0.6 is 0 Å². The molecule has 0 fully saturated rings. The third kappa shape index (κ3) is 3.76. The second kappa shape index (κ2) is 5.57. The topological polar surface area (TPSA) is 57.6 Å². The molecule has 96 valence electrons. The highest BCUT2D eigenvalue weighted by Gasteiger charge is 2.23.